The van der Waals surface area contributed by atoms with Crippen molar-refractivity contribution in [1.29, 1.82) is 0 Å². The molecule has 0 bridgehead atoms. The first-order valence-electron chi connectivity index (χ1n) is 6.30. The highest BCUT2D eigenvalue weighted by molar-refractivity contribution is 9.10. The van der Waals surface area contributed by atoms with E-state index in [-0.39, 0.29) is 6.04 Å². The van der Waals surface area contributed by atoms with Crippen LogP contribution in [0.15, 0.2) is 46.9 Å². The van der Waals surface area contributed by atoms with Crippen LogP contribution in [-0.2, 0) is 12.8 Å². The maximum absolute atomic E-state index is 6.24. The lowest BCUT2D eigenvalue weighted by molar-refractivity contribution is 0.663. The van der Waals surface area contributed by atoms with Crippen LogP contribution in [0.4, 0.5) is 0 Å². The fourth-order valence-electron chi connectivity index (χ4n) is 2.12. The van der Waals surface area contributed by atoms with Crippen molar-refractivity contribution in [3.8, 4) is 0 Å². The van der Waals surface area contributed by atoms with E-state index >= 15 is 0 Å². The fraction of sp³-hybridized carbons (Fsp3) is 0.250. The lowest BCUT2D eigenvalue weighted by Gasteiger charge is -2.14. The van der Waals surface area contributed by atoms with E-state index in [0.29, 0.717) is 0 Å². The molecule has 0 aromatic heterocycles. The summed E-state index contributed by atoms with van der Waals surface area (Å²) in [6.45, 7) is 2.04. The lowest BCUT2D eigenvalue weighted by Crippen LogP contribution is -2.25. The van der Waals surface area contributed by atoms with Gasteiger partial charge in [-0.1, -0.05) is 57.9 Å². The minimum absolute atomic E-state index is 0.0684. The minimum Gasteiger partial charge on any atom is -0.327 e. The van der Waals surface area contributed by atoms with Gasteiger partial charge in [0, 0.05) is 15.5 Å². The highest BCUT2D eigenvalue weighted by atomic mass is 79.9. The monoisotopic (exact) mass is 337 g/mol. The van der Waals surface area contributed by atoms with Gasteiger partial charge in [-0.25, -0.2) is 0 Å². The van der Waals surface area contributed by atoms with Crippen molar-refractivity contribution in [2.45, 2.75) is 25.8 Å². The number of aryl methyl sites for hydroxylation is 1. The molecule has 0 fully saturated rings. The second-order valence-electron chi connectivity index (χ2n) is 4.85. The molecule has 0 saturated carbocycles. The predicted molar refractivity (Wildman–Crippen MR) is 85.7 cm³/mol. The lowest BCUT2D eigenvalue weighted by atomic mass is 9.99. The summed E-state index contributed by atoms with van der Waals surface area (Å²) in [6, 6.07) is 14.4. The Balaban J connectivity index is 2.05. The van der Waals surface area contributed by atoms with E-state index in [1.54, 1.807) is 0 Å². The molecule has 0 amide bonds. The van der Waals surface area contributed by atoms with Gasteiger partial charge in [0.1, 0.15) is 0 Å². The molecule has 0 aliphatic carbocycles. The summed E-state index contributed by atoms with van der Waals surface area (Å²) in [5.74, 6) is 0. The highest BCUT2D eigenvalue weighted by Crippen LogP contribution is 2.21. The van der Waals surface area contributed by atoms with Gasteiger partial charge in [-0.2, -0.15) is 0 Å². The zero-order valence-corrected chi connectivity index (χ0v) is 13.2. The Morgan fingerprint density at radius 1 is 1.11 bits per heavy atom. The van der Waals surface area contributed by atoms with Crippen molar-refractivity contribution in [2.24, 2.45) is 5.73 Å². The number of benzene rings is 2. The first kappa shape index (κ1) is 14.6. The van der Waals surface area contributed by atoms with Gasteiger partial charge in [-0.05, 0) is 48.6 Å². The van der Waals surface area contributed by atoms with Gasteiger partial charge >= 0.3 is 0 Å². The van der Waals surface area contributed by atoms with E-state index in [1.165, 1.54) is 11.1 Å². The van der Waals surface area contributed by atoms with Gasteiger partial charge in [-0.15, -0.1) is 0 Å². The SMILES string of the molecule is Cc1ccc(CC(N)Cc2ccccc2Br)c(Cl)c1. The number of halogens is 2. The van der Waals surface area contributed by atoms with Crippen LogP contribution < -0.4 is 5.73 Å². The summed E-state index contributed by atoms with van der Waals surface area (Å²) < 4.78 is 1.11. The van der Waals surface area contributed by atoms with Crippen molar-refractivity contribution in [2.75, 3.05) is 0 Å². The number of rotatable bonds is 4. The van der Waals surface area contributed by atoms with Gasteiger partial charge in [0.05, 0.1) is 0 Å². The molecule has 0 aliphatic heterocycles. The Labute approximate surface area is 127 Å². The van der Waals surface area contributed by atoms with Crippen LogP contribution in [0, 0.1) is 6.92 Å². The summed E-state index contributed by atoms with van der Waals surface area (Å²) in [7, 11) is 0. The molecule has 0 spiro atoms. The van der Waals surface area contributed by atoms with Gasteiger partial charge in [0.25, 0.3) is 0 Å². The van der Waals surface area contributed by atoms with Crippen LogP contribution in [0.3, 0.4) is 0 Å². The van der Waals surface area contributed by atoms with Gasteiger partial charge < -0.3 is 5.73 Å². The largest absolute Gasteiger partial charge is 0.327 e. The van der Waals surface area contributed by atoms with Crippen molar-refractivity contribution in [3.63, 3.8) is 0 Å². The molecule has 2 N–H and O–H groups in total. The molecule has 0 radical (unpaired) electrons. The molecular formula is C16H17BrClN. The molecule has 2 aromatic rings. The summed E-state index contributed by atoms with van der Waals surface area (Å²) in [5, 5.41) is 0.808. The zero-order chi connectivity index (χ0) is 13.8. The fourth-order valence-corrected chi connectivity index (χ4v) is 2.88. The van der Waals surface area contributed by atoms with Crippen LogP contribution in [0.1, 0.15) is 16.7 Å². The van der Waals surface area contributed by atoms with Crippen LogP contribution in [-0.4, -0.2) is 6.04 Å². The molecule has 3 heteroatoms. The van der Waals surface area contributed by atoms with Crippen molar-refractivity contribution in [3.05, 3.63) is 68.7 Å². The molecule has 19 heavy (non-hydrogen) atoms. The second-order valence-corrected chi connectivity index (χ2v) is 6.12. The average molecular weight is 339 g/mol. The third-order valence-electron chi connectivity index (χ3n) is 3.13. The number of hydrogen-bond acceptors (Lipinski definition) is 1. The maximum Gasteiger partial charge on any atom is 0.0441 e. The zero-order valence-electron chi connectivity index (χ0n) is 10.9. The third kappa shape index (κ3) is 4.07. The number of hydrogen-bond donors (Lipinski definition) is 1. The van der Waals surface area contributed by atoms with E-state index in [9.17, 15) is 0 Å². The average Bonchev–Trinajstić information content (AvgIpc) is 2.36. The second kappa shape index (κ2) is 6.56. The van der Waals surface area contributed by atoms with Crippen molar-refractivity contribution >= 4 is 27.5 Å². The first-order chi connectivity index (χ1) is 9.06. The van der Waals surface area contributed by atoms with Crippen LogP contribution in [0.25, 0.3) is 0 Å². The maximum atomic E-state index is 6.24. The molecule has 1 nitrogen and oxygen atoms in total. The Kier molecular flexibility index (Phi) is 5.03. The summed E-state index contributed by atoms with van der Waals surface area (Å²) in [4.78, 5) is 0. The van der Waals surface area contributed by atoms with E-state index in [4.69, 9.17) is 17.3 Å². The van der Waals surface area contributed by atoms with Crippen LogP contribution in [0.5, 0.6) is 0 Å². The van der Waals surface area contributed by atoms with E-state index in [1.807, 2.05) is 31.2 Å². The van der Waals surface area contributed by atoms with Crippen molar-refractivity contribution in [1.82, 2.24) is 0 Å². The Morgan fingerprint density at radius 3 is 2.47 bits per heavy atom. The van der Waals surface area contributed by atoms with Crippen LogP contribution >= 0.6 is 27.5 Å². The quantitative estimate of drug-likeness (QED) is 0.871. The topological polar surface area (TPSA) is 26.0 Å². The van der Waals surface area contributed by atoms with Gasteiger partial charge in [0.15, 0.2) is 0 Å². The Hall–Kier alpha value is -0.830. The molecule has 0 aliphatic rings. The Morgan fingerprint density at radius 2 is 1.79 bits per heavy atom. The van der Waals surface area contributed by atoms with Crippen molar-refractivity contribution < 1.29 is 0 Å². The molecule has 100 valence electrons. The molecular weight excluding hydrogens is 322 g/mol. The molecule has 1 unspecified atom stereocenters. The first-order valence-corrected chi connectivity index (χ1v) is 7.47. The summed E-state index contributed by atoms with van der Waals surface area (Å²) in [5.41, 5.74) is 9.76. The predicted octanol–water partition coefficient (Wildman–Crippen LogP) is 4.52. The van der Waals surface area contributed by atoms with Gasteiger partial charge in [0.2, 0.25) is 0 Å². The Bertz CT molecular complexity index is 568. The highest BCUT2D eigenvalue weighted by Gasteiger charge is 2.10. The smallest absolute Gasteiger partial charge is 0.0441 e. The molecule has 2 aromatic carbocycles. The summed E-state index contributed by atoms with van der Waals surface area (Å²) >= 11 is 9.80. The molecule has 0 heterocycles. The third-order valence-corrected chi connectivity index (χ3v) is 4.26. The molecule has 0 saturated heterocycles. The molecule has 2 rings (SSSR count). The molecule has 1 atom stereocenters. The number of nitrogens with two attached hydrogens (primary N) is 1. The normalized spacial score (nSPS) is 12.4. The summed E-state index contributed by atoms with van der Waals surface area (Å²) in [6.07, 6.45) is 1.63. The van der Waals surface area contributed by atoms with Crippen LogP contribution in [0.2, 0.25) is 5.02 Å². The standard InChI is InChI=1S/C16H17BrClN/c1-11-6-7-13(16(18)8-11)10-14(19)9-12-4-2-3-5-15(12)17/h2-8,14H,9-10,19H2,1H3. The minimum atomic E-state index is 0.0684. The van der Waals surface area contributed by atoms with E-state index in [0.717, 1.165) is 27.9 Å². The van der Waals surface area contributed by atoms with E-state index in [2.05, 4.69) is 34.1 Å². The van der Waals surface area contributed by atoms with Gasteiger partial charge in [-0.3, -0.25) is 0 Å². The van der Waals surface area contributed by atoms with E-state index < -0.39 is 0 Å².